The summed E-state index contributed by atoms with van der Waals surface area (Å²) in [5, 5.41) is 2.74. The number of carbonyl (C=O) groups excluding carboxylic acids is 1. The lowest BCUT2D eigenvalue weighted by molar-refractivity contribution is 0.219. The van der Waals surface area contributed by atoms with Crippen LogP contribution in [0.4, 0.5) is 4.79 Å². The predicted octanol–water partition coefficient (Wildman–Crippen LogP) is 6.15. The first-order valence-electron chi connectivity index (χ1n) is 12.2. The van der Waals surface area contributed by atoms with E-state index >= 15 is 0 Å². The van der Waals surface area contributed by atoms with Gasteiger partial charge in [0.25, 0.3) is 0 Å². The Balaban J connectivity index is 3.40. The van der Waals surface area contributed by atoms with Gasteiger partial charge < -0.3 is 14.4 Å². The van der Waals surface area contributed by atoms with E-state index in [0.717, 1.165) is 13.0 Å². The molecule has 0 rings (SSSR count). The molecule has 0 saturated heterocycles. The zero-order valence-electron chi connectivity index (χ0n) is 19.8. The molecule has 0 aromatic carbocycles. The van der Waals surface area contributed by atoms with Gasteiger partial charge in [-0.2, -0.15) is 0 Å². The van der Waals surface area contributed by atoms with E-state index in [2.05, 4.69) is 23.1 Å². The number of carbonyl (C=O) groups is 1. The van der Waals surface area contributed by atoms with Crippen molar-refractivity contribution in [2.75, 3.05) is 32.5 Å². The van der Waals surface area contributed by atoms with Crippen LogP contribution in [0.3, 0.4) is 0 Å². The molecule has 8 heteroatoms. The smallest absolute Gasteiger partial charge is 0.330 e. The number of hydrazine groups is 1. The first-order chi connectivity index (χ1) is 14.6. The SMILES string of the molecule is CCCCCCCCCCCCCCNNC(=O)NCCCP(=O)(OCC)OCC. The van der Waals surface area contributed by atoms with E-state index in [4.69, 9.17) is 9.05 Å². The summed E-state index contributed by atoms with van der Waals surface area (Å²) < 4.78 is 22.7. The van der Waals surface area contributed by atoms with Gasteiger partial charge in [-0.05, 0) is 26.7 Å². The van der Waals surface area contributed by atoms with Crippen LogP contribution in [-0.4, -0.2) is 38.5 Å². The largest absolute Gasteiger partial charge is 0.337 e. The van der Waals surface area contributed by atoms with Gasteiger partial charge in [0, 0.05) is 13.1 Å². The minimum absolute atomic E-state index is 0.267. The second-order valence-corrected chi connectivity index (χ2v) is 9.91. The van der Waals surface area contributed by atoms with E-state index in [1.807, 2.05) is 0 Å². The molecule has 0 spiro atoms. The molecule has 0 fully saturated rings. The Labute approximate surface area is 185 Å². The summed E-state index contributed by atoms with van der Waals surface area (Å²) in [4.78, 5) is 11.7. The molecule has 0 bridgehead atoms. The van der Waals surface area contributed by atoms with E-state index < -0.39 is 7.60 Å². The number of urea groups is 1. The van der Waals surface area contributed by atoms with Crippen molar-refractivity contribution in [3.8, 4) is 0 Å². The van der Waals surface area contributed by atoms with Crippen LogP contribution >= 0.6 is 7.60 Å². The summed E-state index contributed by atoms with van der Waals surface area (Å²) >= 11 is 0. The Morgan fingerprint density at radius 1 is 0.700 bits per heavy atom. The number of unbranched alkanes of at least 4 members (excludes halogenated alkanes) is 11. The second-order valence-electron chi connectivity index (χ2n) is 7.72. The van der Waals surface area contributed by atoms with Gasteiger partial charge >= 0.3 is 13.6 Å². The Morgan fingerprint density at radius 3 is 1.70 bits per heavy atom. The Hall–Kier alpha value is -0.620. The number of rotatable bonds is 22. The Morgan fingerprint density at radius 2 is 1.20 bits per heavy atom. The molecule has 7 nitrogen and oxygen atoms in total. The molecule has 0 radical (unpaired) electrons. The van der Waals surface area contributed by atoms with Crippen molar-refractivity contribution in [3.63, 3.8) is 0 Å². The molecule has 3 N–H and O–H groups in total. The number of hydrogen-bond donors (Lipinski definition) is 3. The molecule has 0 aromatic heterocycles. The van der Waals surface area contributed by atoms with Crippen LogP contribution < -0.4 is 16.2 Å². The molecule has 0 unspecified atom stereocenters. The quantitative estimate of drug-likeness (QED) is 0.105. The molecule has 0 saturated carbocycles. The highest BCUT2D eigenvalue weighted by Gasteiger charge is 2.22. The fourth-order valence-electron chi connectivity index (χ4n) is 3.28. The van der Waals surface area contributed by atoms with E-state index in [0.29, 0.717) is 32.3 Å². The van der Waals surface area contributed by atoms with Crippen molar-refractivity contribution in [2.24, 2.45) is 0 Å². The van der Waals surface area contributed by atoms with Crippen molar-refractivity contribution in [1.82, 2.24) is 16.2 Å². The van der Waals surface area contributed by atoms with Gasteiger partial charge in [-0.1, -0.05) is 77.6 Å². The zero-order valence-corrected chi connectivity index (χ0v) is 20.7. The zero-order chi connectivity index (χ0) is 22.3. The molecular formula is C22H48N3O4P. The standard InChI is InChI=1S/C22H48N3O4P/c1-4-7-8-9-10-11-12-13-14-15-16-17-20-24-25-22(26)23-19-18-21-30(27,28-5-2)29-6-3/h24H,4-21H2,1-3H3,(H2,23,25,26). The summed E-state index contributed by atoms with van der Waals surface area (Å²) in [6.07, 6.45) is 16.7. The van der Waals surface area contributed by atoms with Crippen molar-refractivity contribution in [2.45, 2.75) is 104 Å². The van der Waals surface area contributed by atoms with Gasteiger partial charge in [0.2, 0.25) is 0 Å². The molecule has 0 aliphatic rings. The third kappa shape index (κ3) is 19.3. The molecule has 30 heavy (non-hydrogen) atoms. The molecule has 0 aliphatic carbocycles. The van der Waals surface area contributed by atoms with E-state index in [1.165, 1.54) is 70.6 Å². The highest BCUT2D eigenvalue weighted by Crippen LogP contribution is 2.48. The van der Waals surface area contributed by atoms with Crippen LogP contribution in [0.25, 0.3) is 0 Å². The van der Waals surface area contributed by atoms with Crippen molar-refractivity contribution >= 4 is 13.6 Å². The average molecular weight is 450 g/mol. The fourth-order valence-corrected chi connectivity index (χ4v) is 4.94. The first kappa shape index (κ1) is 29.4. The third-order valence-electron chi connectivity index (χ3n) is 4.90. The number of amides is 2. The minimum atomic E-state index is -3.02. The highest BCUT2D eigenvalue weighted by atomic mass is 31.2. The van der Waals surface area contributed by atoms with Gasteiger partial charge in [0.05, 0.1) is 19.4 Å². The molecule has 0 aromatic rings. The summed E-state index contributed by atoms with van der Waals surface area (Å²) in [6, 6.07) is -0.267. The summed E-state index contributed by atoms with van der Waals surface area (Å²) in [6.45, 7) is 7.75. The summed E-state index contributed by atoms with van der Waals surface area (Å²) in [5.41, 5.74) is 5.59. The molecule has 2 amide bonds. The topological polar surface area (TPSA) is 88.7 Å². The van der Waals surface area contributed by atoms with Gasteiger partial charge in [0.1, 0.15) is 0 Å². The summed E-state index contributed by atoms with van der Waals surface area (Å²) in [7, 11) is -3.02. The van der Waals surface area contributed by atoms with Crippen LogP contribution in [0, 0.1) is 0 Å². The van der Waals surface area contributed by atoms with Gasteiger partial charge in [0.15, 0.2) is 0 Å². The average Bonchev–Trinajstić information content (AvgIpc) is 2.72. The van der Waals surface area contributed by atoms with Gasteiger partial charge in [-0.15, -0.1) is 0 Å². The molecular weight excluding hydrogens is 401 g/mol. The monoisotopic (exact) mass is 449 g/mol. The lowest BCUT2D eigenvalue weighted by Gasteiger charge is -2.16. The summed E-state index contributed by atoms with van der Waals surface area (Å²) in [5.74, 6) is 0. The molecule has 0 aliphatic heterocycles. The molecule has 0 heterocycles. The van der Waals surface area contributed by atoms with Crippen LogP contribution in [0.15, 0.2) is 0 Å². The Bertz CT molecular complexity index is 429. The minimum Gasteiger partial charge on any atom is -0.337 e. The van der Waals surface area contributed by atoms with Crippen LogP contribution in [0.5, 0.6) is 0 Å². The van der Waals surface area contributed by atoms with Crippen LogP contribution in [0.2, 0.25) is 0 Å². The van der Waals surface area contributed by atoms with Crippen LogP contribution in [-0.2, 0) is 13.6 Å². The fraction of sp³-hybridized carbons (Fsp3) is 0.955. The predicted molar refractivity (Wildman–Crippen MR) is 126 cm³/mol. The van der Waals surface area contributed by atoms with Crippen molar-refractivity contribution in [3.05, 3.63) is 0 Å². The normalized spacial score (nSPS) is 11.6. The van der Waals surface area contributed by atoms with E-state index in [-0.39, 0.29) is 6.03 Å². The molecule has 180 valence electrons. The number of nitrogens with one attached hydrogen (secondary N) is 3. The lowest BCUT2D eigenvalue weighted by atomic mass is 10.1. The third-order valence-corrected chi connectivity index (χ3v) is 7.07. The Kier molecular flexibility index (Phi) is 21.2. The van der Waals surface area contributed by atoms with Crippen molar-refractivity contribution in [1.29, 1.82) is 0 Å². The maximum atomic E-state index is 12.3. The highest BCUT2D eigenvalue weighted by molar-refractivity contribution is 7.53. The van der Waals surface area contributed by atoms with Crippen molar-refractivity contribution < 1.29 is 18.4 Å². The van der Waals surface area contributed by atoms with E-state index in [1.54, 1.807) is 13.8 Å². The van der Waals surface area contributed by atoms with Gasteiger partial charge in [-0.3, -0.25) is 9.99 Å². The van der Waals surface area contributed by atoms with Gasteiger partial charge in [-0.25, -0.2) is 10.2 Å². The first-order valence-corrected chi connectivity index (χ1v) is 14.0. The maximum Gasteiger partial charge on any atom is 0.330 e. The van der Waals surface area contributed by atoms with Crippen LogP contribution in [0.1, 0.15) is 104 Å². The maximum absolute atomic E-state index is 12.3. The van der Waals surface area contributed by atoms with E-state index in [9.17, 15) is 9.36 Å². The number of hydrogen-bond acceptors (Lipinski definition) is 5. The second kappa shape index (κ2) is 21.6. The lowest BCUT2D eigenvalue weighted by Crippen LogP contribution is -2.44. The molecule has 0 atom stereocenters.